The van der Waals surface area contributed by atoms with Crippen LogP contribution < -0.4 is 10.2 Å². The summed E-state index contributed by atoms with van der Waals surface area (Å²) >= 11 is 0. The molecule has 1 N–H and O–H groups in total. The van der Waals surface area contributed by atoms with Crippen molar-refractivity contribution in [3.8, 4) is 17.1 Å². The highest BCUT2D eigenvalue weighted by molar-refractivity contribution is 5.64. The summed E-state index contributed by atoms with van der Waals surface area (Å²) in [5.74, 6) is 0.479. The minimum Gasteiger partial charge on any atom is -0.482 e. The Morgan fingerprint density at radius 1 is 1.10 bits per heavy atom. The van der Waals surface area contributed by atoms with Crippen LogP contribution >= 0.6 is 0 Å². The van der Waals surface area contributed by atoms with Gasteiger partial charge in [-0.2, -0.15) is 0 Å². The first-order chi connectivity index (χ1) is 9.31. The third-order valence-electron chi connectivity index (χ3n) is 3.42. The fourth-order valence-electron chi connectivity index (χ4n) is 2.21. The first-order valence-corrected chi connectivity index (χ1v) is 6.71. The Balaban J connectivity index is 2.54. The normalized spacial score (nSPS) is 11.4. The summed E-state index contributed by atoms with van der Waals surface area (Å²) in [6, 6.07) is 9.39. The molecular weight excluding hydrogens is 250 g/mol. The van der Waals surface area contributed by atoms with E-state index in [2.05, 4.69) is 50.9 Å². The van der Waals surface area contributed by atoms with Gasteiger partial charge in [0.05, 0.1) is 12.8 Å². The SMILES string of the molecule is COc1cc(=O)cc(-c2ccc(C(C)(C)C)cc2C)[nH]1. The Morgan fingerprint density at radius 2 is 1.80 bits per heavy atom. The van der Waals surface area contributed by atoms with Gasteiger partial charge in [-0.15, -0.1) is 0 Å². The van der Waals surface area contributed by atoms with Crippen molar-refractivity contribution in [3.05, 3.63) is 51.7 Å². The Hall–Kier alpha value is -2.03. The lowest BCUT2D eigenvalue weighted by Gasteiger charge is -2.20. The highest BCUT2D eigenvalue weighted by atomic mass is 16.5. The molecule has 0 amide bonds. The Kier molecular flexibility index (Phi) is 3.71. The third kappa shape index (κ3) is 2.93. The van der Waals surface area contributed by atoms with Crippen LogP contribution in [-0.4, -0.2) is 12.1 Å². The fraction of sp³-hybridized carbons (Fsp3) is 0.353. The molecule has 1 heterocycles. The summed E-state index contributed by atoms with van der Waals surface area (Å²) in [5, 5.41) is 0. The lowest BCUT2D eigenvalue weighted by atomic mass is 9.85. The maximum atomic E-state index is 11.7. The molecule has 0 radical (unpaired) electrons. The second kappa shape index (κ2) is 5.16. The molecule has 0 aliphatic rings. The summed E-state index contributed by atoms with van der Waals surface area (Å²) in [6.45, 7) is 8.63. The number of nitrogens with one attached hydrogen (secondary N) is 1. The molecule has 0 spiro atoms. The number of H-pyrrole nitrogens is 1. The van der Waals surface area contributed by atoms with Crippen molar-refractivity contribution in [1.82, 2.24) is 4.98 Å². The van der Waals surface area contributed by atoms with Crippen LogP contribution in [-0.2, 0) is 5.41 Å². The molecule has 1 aromatic carbocycles. The Labute approximate surface area is 119 Å². The van der Waals surface area contributed by atoms with Crippen molar-refractivity contribution < 1.29 is 4.74 Å². The van der Waals surface area contributed by atoms with E-state index >= 15 is 0 Å². The molecular formula is C17H21NO2. The standard InChI is InChI=1S/C17H21NO2/c1-11-8-12(17(2,3)4)6-7-14(11)15-9-13(19)10-16(18-15)20-5/h6-10H,1-5H3,(H,18,19). The van der Waals surface area contributed by atoms with E-state index in [1.807, 2.05) is 0 Å². The summed E-state index contributed by atoms with van der Waals surface area (Å²) < 4.78 is 5.12. The van der Waals surface area contributed by atoms with E-state index in [0.717, 1.165) is 16.8 Å². The van der Waals surface area contributed by atoms with Crippen LogP contribution in [0.15, 0.2) is 35.1 Å². The summed E-state index contributed by atoms with van der Waals surface area (Å²) in [4.78, 5) is 14.8. The van der Waals surface area contributed by atoms with Crippen molar-refractivity contribution in [1.29, 1.82) is 0 Å². The minimum atomic E-state index is -0.0603. The van der Waals surface area contributed by atoms with Crippen LogP contribution in [0, 0.1) is 6.92 Å². The van der Waals surface area contributed by atoms with E-state index in [1.165, 1.54) is 11.6 Å². The van der Waals surface area contributed by atoms with Crippen molar-refractivity contribution in [2.24, 2.45) is 0 Å². The van der Waals surface area contributed by atoms with Gasteiger partial charge < -0.3 is 9.72 Å². The first kappa shape index (κ1) is 14.4. The highest BCUT2D eigenvalue weighted by Crippen LogP contribution is 2.28. The molecule has 3 nitrogen and oxygen atoms in total. The number of aryl methyl sites for hydroxylation is 1. The molecule has 0 aliphatic heterocycles. The number of benzene rings is 1. The van der Waals surface area contributed by atoms with Crippen LogP contribution in [0.4, 0.5) is 0 Å². The van der Waals surface area contributed by atoms with Crippen molar-refractivity contribution >= 4 is 0 Å². The van der Waals surface area contributed by atoms with Gasteiger partial charge in [0.15, 0.2) is 11.3 Å². The van der Waals surface area contributed by atoms with Gasteiger partial charge in [-0.3, -0.25) is 4.79 Å². The van der Waals surface area contributed by atoms with Gasteiger partial charge in [-0.05, 0) is 23.5 Å². The smallest absolute Gasteiger partial charge is 0.194 e. The zero-order chi connectivity index (χ0) is 14.9. The molecule has 20 heavy (non-hydrogen) atoms. The number of aromatic amines is 1. The molecule has 0 atom stereocenters. The molecule has 0 aliphatic carbocycles. The maximum absolute atomic E-state index is 11.7. The van der Waals surface area contributed by atoms with Gasteiger partial charge in [0, 0.05) is 17.7 Å². The number of hydrogen-bond acceptors (Lipinski definition) is 2. The van der Waals surface area contributed by atoms with Crippen LogP contribution in [0.2, 0.25) is 0 Å². The van der Waals surface area contributed by atoms with Gasteiger partial charge in [0.25, 0.3) is 0 Å². The number of ether oxygens (including phenoxy) is 1. The number of pyridine rings is 1. The molecule has 0 fully saturated rings. The second-order valence-corrected chi connectivity index (χ2v) is 6.08. The first-order valence-electron chi connectivity index (χ1n) is 6.71. The largest absolute Gasteiger partial charge is 0.482 e. The molecule has 1 aromatic heterocycles. The Bertz CT molecular complexity index is 678. The predicted molar refractivity (Wildman–Crippen MR) is 82.5 cm³/mol. The predicted octanol–water partition coefficient (Wildman–Crippen LogP) is 3.66. The van der Waals surface area contributed by atoms with E-state index in [0.29, 0.717) is 5.88 Å². The monoisotopic (exact) mass is 271 g/mol. The summed E-state index contributed by atoms with van der Waals surface area (Å²) in [5.41, 5.74) is 4.28. The van der Waals surface area contributed by atoms with Crippen molar-refractivity contribution in [2.45, 2.75) is 33.1 Å². The zero-order valence-electron chi connectivity index (χ0n) is 12.7. The van der Waals surface area contributed by atoms with Crippen LogP contribution in [0.1, 0.15) is 31.9 Å². The zero-order valence-corrected chi connectivity index (χ0v) is 12.7. The third-order valence-corrected chi connectivity index (χ3v) is 3.42. The van der Waals surface area contributed by atoms with Crippen LogP contribution in [0.3, 0.4) is 0 Å². The molecule has 0 saturated carbocycles. The Morgan fingerprint density at radius 3 is 2.35 bits per heavy atom. The van der Waals surface area contributed by atoms with E-state index in [-0.39, 0.29) is 10.8 Å². The van der Waals surface area contributed by atoms with Crippen LogP contribution in [0.25, 0.3) is 11.3 Å². The van der Waals surface area contributed by atoms with Gasteiger partial charge in [-0.25, -0.2) is 0 Å². The molecule has 0 bridgehead atoms. The van der Waals surface area contributed by atoms with Gasteiger partial charge in [0.1, 0.15) is 0 Å². The van der Waals surface area contributed by atoms with E-state index in [4.69, 9.17) is 4.74 Å². The average molecular weight is 271 g/mol. The second-order valence-electron chi connectivity index (χ2n) is 6.08. The lowest BCUT2D eigenvalue weighted by Crippen LogP contribution is -2.11. The minimum absolute atomic E-state index is 0.0603. The number of aromatic nitrogens is 1. The average Bonchev–Trinajstić information content (AvgIpc) is 2.36. The summed E-state index contributed by atoms with van der Waals surface area (Å²) in [6.07, 6.45) is 0. The van der Waals surface area contributed by atoms with Gasteiger partial charge >= 0.3 is 0 Å². The molecule has 3 heteroatoms. The summed E-state index contributed by atoms with van der Waals surface area (Å²) in [7, 11) is 1.55. The number of hydrogen-bond donors (Lipinski definition) is 1. The molecule has 106 valence electrons. The van der Waals surface area contributed by atoms with Crippen LogP contribution in [0.5, 0.6) is 5.88 Å². The molecule has 2 aromatic rings. The van der Waals surface area contributed by atoms with E-state index in [9.17, 15) is 4.79 Å². The van der Waals surface area contributed by atoms with Gasteiger partial charge in [-0.1, -0.05) is 39.0 Å². The molecule has 2 rings (SSSR count). The topological polar surface area (TPSA) is 42.1 Å². The van der Waals surface area contributed by atoms with Crippen molar-refractivity contribution in [2.75, 3.05) is 7.11 Å². The highest BCUT2D eigenvalue weighted by Gasteiger charge is 2.15. The number of rotatable bonds is 2. The van der Waals surface area contributed by atoms with E-state index < -0.39 is 0 Å². The van der Waals surface area contributed by atoms with Crippen molar-refractivity contribution in [3.63, 3.8) is 0 Å². The maximum Gasteiger partial charge on any atom is 0.194 e. The lowest BCUT2D eigenvalue weighted by molar-refractivity contribution is 0.398. The number of methoxy groups -OCH3 is 1. The quantitative estimate of drug-likeness (QED) is 0.905. The molecule has 0 saturated heterocycles. The van der Waals surface area contributed by atoms with Gasteiger partial charge in [0.2, 0.25) is 0 Å². The molecule has 0 unspecified atom stereocenters. The van der Waals surface area contributed by atoms with E-state index in [1.54, 1.807) is 13.2 Å². The fourth-order valence-corrected chi connectivity index (χ4v) is 2.21.